The van der Waals surface area contributed by atoms with Crippen LogP contribution in [0.25, 0.3) is 0 Å². The number of likely N-dealkylation sites (tertiary alicyclic amines) is 1. The van der Waals surface area contributed by atoms with E-state index in [2.05, 4.69) is 58.7 Å². The number of aliphatic carboxylic acids is 1. The van der Waals surface area contributed by atoms with Gasteiger partial charge in [-0.25, -0.2) is 9.59 Å². The lowest BCUT2D eigenvalue weighted by Gasteiger charge is -2.43. The van der Waals surface area contributed by atoms with Crippen molar-refractivity contribution in [3.8, 4) is 5.75 Å². The highest BCUT2D eigenvalue weighted by Gasteiger charge is 2.40. The van der Waals surface area contributed by atoms with Crippen molar-refractivity contribution in [2.75, 3.05) is 26.2 Å². The summed E-state index contributed by atoms with van der Waals surface area (Å²) >= 11 is 0. The van der Waals surface area contributed by atoms with Crippen LogP contribution >= 0.6 is 0 Å². The van der Waals surface area contributed by atoms with Gasteiger partial charge in [0.2, 0.25) is 0 Å². The molecule has 7 nitrogen and oxygen atoms in total. The molecule has 1 atom stereocenters. The number of carbonyl (C=O) groups is 2. The van der Waals surface area contributed by atoms with E-state index in [1.54, 1.807) is 19.9 Å². The fourth-order valence-corrected chi connectivity index (χ4v) is 6.73. The van der Waals surface area contributed by atoms with Gasteiger partial charge in [-0.1, -0.05) is 78.9 Å². The average Bonchev–Trinajstić information content (AvgIpc) is 3.03. The van der Waals surface area contributed by atoms with Crippen LogP contribution in [-0.4, -0.2) is 54.8 Å². The van der Waals surface area contributed by atoms with Crippen LogP contribution in [0, 0.1) is 0 Å². The summed E-state index contributed by atoms with van der Waals surface area (Å²) in [6, 6.07) is 27.2. The predicted octanol–water partition coefficient (Wildman–Crippen LogP) is 6.62. The molecule has 9 heteroatoms. The van der Waals surface area contributed by atoms with Gasteiger partial charge in [-0.3, -0.25) is 0 Å². The molecule has 2 aliphatic heterocycles. The van der Waals surface area contributed by atoms with Crippen molar-refractivity contribution in [1.82, 2.24) is 10.2 Å². The van der Waals surface area contributed by atoms with Gasteiger partial charge in [-0.15, -0.1) is 0 Å². The van der Waals surface area contributed by atoms with Crippen molar-refractivity contribution in [3.63, 3.8) is 0 Å². The first-order chi connectivity index (χ1) is 21.7. The molecule has 3 aromatic rings. The van der Waals surface area contributed by atoms with E-state index in [1.807, 2.05) is 12.1 Å². The number of alkyl halides is 2. The number of ether oxygens (including phenoxy) is 2. The Balaban J connectivity index is 1.25. The van der Waals surface area contributed by atoms with Crippen molar-refractivity contribution in [1.29, 1.82) is 0 Å². The van der Waals surface area contributed by atoms with Gasteiger partial charge in [-0.05, 0) is 63.4 Å². The number of hydrogen-bond acceptors (Lipinski definition) is 6. The number of para-hydroxylation sites is 1. The smallest absolute Gasteiger partial charge is 0.387 e. The maximum atomic E-state index is 13.5. The Morgan fingerprint density at radius 2 is 1.44 bits per heavy atom. The first kappa shape index (κ1) is 31.9. The van der Waals surface area contributed by atoms with Crippen LogP contribution in [0.3, 0.4) is 0 Å². The van der Waals surface area contributed by atoms with Gasteiger partial charge in [0.1, 0.15) is 5.75 Å². The number of nitrogens with zero attached hydrogens (tertiary/aromatic N) is 1. The molecule has 0 bridgehead atoms. The third-order valence-corrected chi connectivity index (χ3v) is 8.87. The van der Waals surface area contributed by atoms with Crippen molar-refractivity contribution >= 4 is 11.9 Å². The molecule has 0 amide bonds. The Kier molecular flexibility index (Phi) is 9.98. The summed E-state index contributed by atoms with van der Waals surface area (Å²) in [5.74, 6) is -3.33. The Bertz CT molecular complexity index is 1520. The number of carboxylic acids is 1. The van der Waals surface area contributed by atoms with Crippen LogP contribution in [0.4, 0.5) is 8.78 Å². The first-order valence-corrected chi connectivity index (χ1v) is 15.2. The number of halogens is 2. The molecule has 2 N–H and O–H groups in total. The lowest BCUT2D eigenvalue weighted by molar-refractivity contribution is -0.139. The normalized spacial score (nSPS) is 18.5. The van der Waals surface area contributed by atoms with Crippen molar-refractivity contribution in [3.05, 3.63) is 124 Å². The second-order valence-electron chi connectivity index (χ2n) is 11.5. The maximum Gasteiger partial charge on any atom is 0.387 e. The number of piperidine rings is 1. The number of rotatable bonds is 11. The zero-order valence-corrected chi connectivity index (χ0v) is 25.5. The van der Waals surface area contributed by atoms with Crippen LogP contribution in [0.2, 0.25) is 0 Å². The van der Waals surface area contributed by atoms with E-state index in [0.29, 0.717) is 17.8 Å². The fraction of sp³-hybridized carbons (Fsp3) is 0.333. The lowest BCUT2D eigenvalue weighted by atomic mass is 9.68. The number of hydrogen-bond donors (Lipinski definition) is 2. The number of allylic oxidation sites excluding steroid dienone is 2. The molecule has 3 aromatic carbocycles. The maximum absolute atomic E-state index is 13.5. The quantitative estimate of drug-likeness (QED) is 0.185. The molecule has 1 fully saturated rings. The van der Waals surface area contributed by atoms with Crippen molar-refractivity contribution in [2.24, 2.45) is 0 Å². The fourth-order valence-electron chi connectivity index (χ4n) is 6.73. The standard InChI is InChI=1S/C36H38F2N2O5/c1-24-30(33(41)42)32(28-16-9-10-17-29(28)45-35(37)38)31(25(2)39-24)34(43)44-23-11-20-40-21-18-36(19-22-40,26-12-5-3-6-13-26)27-14-7-4-8-15-27/h3-10,12-17,32,35,39H,11,18-23H2,1-2H3,(H,41,42). The molecule has 2 heterocycles. The van der Waals surface area contributed by atoms with Crippen LogP contribution in [0.1, 0.15) is 55.7 Å². The molecule has 1 unspecified atom stereocenters. The summed E-state index contributed by atoms with van der Waals surface area (Å²) in [7, 11) is 0. The topological polar surface area (TPSA) is 88.1 Å². The second kappa shape index (κ2) is 14.1. The first-order valence-electron chi connectivity index (χ1n) is 15.2. The van der Waals surface area contributed by atoms with Crippen molar-refractivity contribution in [2.45, 2.75) is 51.1 Å². The number of dihydropyridines is 1. The summed E-state index contributed by atoms with van der Waals surface area (Å²) in [6.45, 7) is 2.73. The Morgan fingerprint density at radius 3 is 2.02 bits per heavy atom. The highest BCUT2D eigenvalue weighted by molar-refractivity contribution is 5.99. The van der Waals surface area contributed by atoms with E-state index < -0.39 is 24.5 Å². The van der Waals surface area contributed by atoms with Gasteiger partial charge in [0, 0.05) is 28.9 Å². The second-order valence-corrected chi connectivity index (χ2v) is 11.5. The van der Waals surface area contributed by atoms with E-state index in [1.165, 1.54) is 29.3 Å². The van der Waals surface area contributed by atoms with Gasteiger partial charge in [0.15, 0.2) is 0 Å². The molecule has 236 valence electrons. The molecule has 0 aromatic heterocycles. The number of nitrogens with one attached hydrogen (secondary N) is 1. The largest absolute Gasteiger partial charge is 0.478 e. The summed E-state index contributed by atoms with van der Waals surface area (Å²) in [5, 5.41) is 13.0. The van der Waals surface area contributed by atoms with Gasteiger partial charge >= 0.3 is 18.6 Å². The Labute approximate surface area is 262 Å². The molecule has 0 aliphatic carbocycles. The molecule has 0 radical (unpaired) electrons. The minimum atomic E-state index is -3.12. The third kappa shape index (κ3) is 6.93. The van der Waals surface area contributed by atoms with E-state index in [0.717, 1.165) is 32.5 Å². The molecule has 2 aliphatic rings. The molecular weight excluding hydrogens is 578 g/mol. The van der Waals surface area contributed by atoms with Crippen LogP contribution in [-0.2, 0) is 19.7 Å². The molecule has 0 saturated carbocycles. The third-order valence-electron chi connectivity index (χ3n) is 8.87. The Morgan fingerprint density at radius 1 is 0.889 bits per heavy atom. The van der Waals surface area contributed by atoms with E-state index in [4.69, 9.17) is 9.47 Å². The Hall–Kier alpha value is -4.50. The summed E-state index contributed by atoms with van der Waals surface area (Å²) in [4.78, 5) is 28.2. The van der Waals surface area contributed by atoms with Crippen LogP contribution in [0.15, 0.2) is 107 Å². The van der Waals surface area contributed by atoms with E-state index in [9.17, 15) is 23.5 Å². The molecule has 45 heavy (non-hydrogen) atoms. The SMILES string of the molecule is CC1=C(C(=O)O)C(c2ccccc2OC(F)F)C(C(=O)OCCCN2CCC(c3ccccc3)(c3ccccc3)CC2)=C(C)N1. The molecule has 0 spiro atoms. The average molecular weight is 617 g/mol. The minimum absolute atomic E-state index is 0.0526. The zero-order valence-electron chi connectivity index (χ0n) is 25.5. The summed E-state index contributed by atoms with van der Waals surface area (Å²) in [5.41, 5.74) is 3.34. The van der Waals surface area contributed by atoms with E-state index >= 15 is 0 Å². The number of carboxylic acid groups (broad SMARTS) is 1. The zero-order chi connectivity index (χ0) is 32.0. The summed E-state index contributed by atoms with van der Waals surface area (Å²) in [6.07, 6.45) is 2.51. The van der Waals surface area contributed by atoms with Gasteiger partial charge in [0.05, 0.1) is 23.7 Å². The van der Waals surface area contributed by atoms with Gasteiger partial charge in [0.25, 0.3) is 0 Å². The van der Waals surface area contributed by atoms with Crippen molar-refractivity contribution < 1.29 is 33.0 Å². The highest BCUT2D eigenvalue weighted by atomic mass is 19.3. The van der Waals surface area contributed by atoms with Crippen LogP contribution in [0.5, 0.6) is 5.75 Å². The minimum Gasteiger partial charge on any atom is -0.478 e. The number of benzene rings is 3. The van der Waals surface area contributed by atoms with Gasteiger partial charge in [-0.2, -0.15) is 8.78 Å². The van der Waals surface area contributed by atoms with Crippen LogP contribution < -0.4 is 10.1 Å². The van der Waals surface area contributed by atoms with Gasteiger partial charge < -0.3 is 24.8 Å². The highest BCUT2D eigenvalue weighted by Crippen LogP contribution is 2.43. The predicted molar refractivity (Wildman–Crippen MR) is 167 cm³/mol. The number of esters is 1. The molecular formula is C36H38F2N2O5. The summed E-state index contributed by atoms with van der Waals surface area (Å²) < 4.78 is 36.9. The number of carbonyl (C=O) groups excluding carboxylic acids is 1. The lowest BCUT2D eigenvalue weighted by Crippen LogP contribution is -2.43. The monoisotopic (exact) mass is 616 g/mol. The van der Waals surface area contributed by atoms with E-state index in [-0.39, 0.29) is 34.5 Å². The molecule has 1 saturated heterocycles. The molecule has 5 rings (SSSR count).